The van der Waals surface area contributed by atoms with Gasteiger partial charge in [-0.3, -0.25) is 9.52 Å². The van der Waals surface area contributed by atoms with Gasteiger partial charge in [0.2, 0.25) is 15.9 Å². The molecular weight excluding hydrogens is 352 g/mol. The number of nitrogens with zero attached hydrogens (tertiary/aromatic N) is 1. The molecule has 0 aliphatic carbocycles. The Morgan fingerprint density at radius 3 is 2.58 bits per heavy atom. The minimum atomic E-state index is -3.50. The van der Waals surface area contributed by atoms with E-state index in [0.717, 1.165) is 12.0 Å². The van der Waals surface area contributed by atoms with Gasteiger partial charge >= 0.3 is 0 Å². The molecule has 138 valence electrons. The van der Waals surface area contributed by atoms with Crippen molar-refractivity contribution in [2.75, 3.05) is 29.0 Å². The van der Waals surface area contributed by atoms with Gasteiger partial charge in [0.05, 0.1) is 24.2 Å². The maximum atomic E-state index is 12.4. The first kappa shape index (κ1) is 18.3. The first-order chi connectivity index (χ1) is 12.5. The van der Waals surface area contributed by atoms with E-state index in [-0.39, 0.29) is 11.7 Å². The molecule has 0 bridgehead atoms. The maximum absolute atomic E-state index is 12.4. The Morgan fingerprint density at radius 2 is 1.92 bits per heavy atom. The molecule has 2 aromatic rings. The first-order valence-corrected chi connectivity index (χ1v) is 10.2. The Hall–Kier alpha value is -2.54. The molecule has 26 heavy (non-hydrogen) atoms. The van der Waals surface area contributed by atoms with Gasteiger partial charge in [-0.2, -0.15) is 0 Å². The third kappa shape index (κ3) is 4.35. The molecule has 0 saturated carbocycles. The maximum Gasteiger partial charge on any atom is 0.233 e. The summed E-state index contributed by atoms with van der Waals surface area (Å²) in [6.45, 7) is 0.611. The van der Waals surface area contributed by atoms with E-state index in [1.54, 1.807) is 23.1 Å². The average molecular weight is 374 g/mol. The number of amides is 1. The van der Waals surface area contributed by atoms with Gasteiger partial charge in [-0.15, -0.1) is 0 Å². The monoisotopic (exact) mass is 374 g/mol. The highest BCUT2D eigenvalue weighted by atomic mass is 32.2. The summed E-state index contributed by atoms with van der Waals surface area (Å²) in [6, 6.07) is 14.5. The van der Waals surface area contributed by atoms with Crippen LogP contribution in [-0.2, 0) is 21.2 Å². The Kier molecular flexibility index (Phi) is 5.46. The molecule has 0 spiro atoms. The number of methoxy groups -OCH3 is 1. The van der Waals surface area contributed by atoms with E-state index >= 15 is 0 Å². The van der Waals surface area contributed by atoms with E-state index < -0.39 is 10.0 Å². The normalized spacial score (nSPS) is 14.5. The second kappa shape index (κ2) is 7.78. The van der Waals surface area contributed by atoms with Gasteiger partial charge in [0, 0.05) is 13.0 Å². The van der Waals surface area contributed by atoms with E-state index in [4.69, 9.17) is 4.74 Å². The predicted molar refractivity (Wildman–Crippen MR) is 102 cm³/mol. The minimum absolute atomic E-state index is 0.0129. The third-order valence-corrected chi connectivity index (χ3v) is 5.61. The Labute approximate surface area is 153 Å². The fourth-order valence-electron chi connectivity index (χ4n) is 2.99. The van der Waals surface area contributed by atoms with Gasteiger partial charge in [-0.05, 0) is 36.6 Å². The van der Waals surface area contributed by atoms with Crippen LogP contribution in [-0.4, -0.2) is 33.7 Å². The van der Waals surface area contributed by atoms with Crippen molar-refractivity contribution in [1.29, 1.82) is 0 Å². The van der Waals surface area contributed by atoms with Crippen molar-refractivity contribution in [3.8, 4) is 5.75 Å². The second-order valence-electron chi connectivity index (χ2n) is 6.19. The fraction of sp³-hybridized carbons (Fsp3) is 0.316. The van der Waals surface area contributed by atoms with Crippen LogP contribution in [0.5, 0.6) is 5.75 Å². The van der Waals surface area contributed by atoms with Gasteiger partial charge in [0.25, 0.3) is 0 Å². The molecule has 0 aromatic heterocycles. The zero-order valence-corrected chi connectivity index (χ0v) is 15.5. The summed E-state index contributed by atoms with van der Waals surface area (Å²) in [5, 5.41) is 0. The van der Waals surface area contributed by atoms with Crippen LogP contribution < -0.4 is 14.4 Å². The number of carbonyl (C=O) groups excluding carboxylic acids is 1. The molecule has 1 aliphatic heterocycles. The molecule has 3 rings (SSSR count). The second-order valence-corrected chi connectivity index (χ2v) is 8.03. The lowest BCUT2D eigenvalue weighted by atomic mass is 10.2. The lowest BCUT2D eigenvalue weighted by molar-refractivity contribution is -0.117. The highest BCUT2D eigenvalue weighted by Gasteiger charge is 2.25. The summed E-state index contributed by atoms with van der Waals surface area (Å²) < 4.78 is 32.7. The highest BCUT2D eigenvalue weighted by molar-refractivity contribution is 7.92. The van der Waals surface area contributed by atoms with Gasteiger partial charge in [-0.1, -0.05) is 30.3 Å². The molecule has 0 atom stereocenters. The summed E-state index contributed by atoms with van der Waals surface area (Å²) in [7, 11) is -1.97. The molecule has 0 radical (unpaired) electrons. The lowest BCUT2D eigenvalue weighted by Gasteiger charge is -2.20. The first-order valence-electron chi connectivity index (χ1n) is 8.51. The van der Waals surface area contributed by atoms with Gasteiger partial charge in [-0.25, -0.2) is 8.42 Å². The van der Waals surface area contributed by atoms with E-state index in [0.29, 0.717) is 36.5 Å². The molecule has 0 unspecified atom stereocenters. The van der Waals surface area contributed by atoms with Crippen molar-refractivity contribution < 1.29 is 17.9 Å². The summed E-state index contributed by atoms with van der Waals surface area (Å²) >= 11 is 0. The number of ether oxygens (including phenoxy) is 1. The molecule has 1 N–H and O–H groups in total. The van der Waals surface area contributed by atoms with Crippen LogP contribution in [0.3, 0.4) is 0 Å². The van der Waals surface area contributed by atoms with Crippen molar-refractivity contribution in [2.24, 2.45) is 0 Å². The number of carbonyl (C=O) groups is 1. The summed E-state index contributed by atoms with van der Waals surface area (Å²) in [4.78, 5) is 13.7. The van der Waals surface area contributed by atoms with Crippen LogP contribution in [0.2, 0.25) is 0 Å². The van der Waals surface area contributed by atoms with E-state index in [1.165, 1.54) is 7.11 Å². The molecular formula is C19H22N2O4S. The quantitative estimate of drug-likeness (QED) is 0.809. The number of aryl methyl sites for hydroxylation is 1. The van der Waals surface area contributed by atoms with Crippen LogP contribution in [0.4, 0.5) is 11.4 Å². The van der Waals surface area contributed by atoms with Crippen molar-refractivity contribution >= 4 is 27.3 Å². The number of anilines is 2. The average Bonchev–Trinajstić information content (AvgIpc) is 3.06. The SMILES string of the molecule is COc1ccc(NS(=O)(=O)CCc2ccccc2)cc1N1CCCC1=O. The number of hydrogen-bond donors (Lipinski definition) is 1. The smallest absolute Gasteiger partial charge is 0.233 e. The molecule has 1 fully saturated rings. The Bertz CT molecular complexity index is 882. The Balaban J connectivity index is 1.75. The zero-order chi connectivity index (χ0) is 18.6. The number of benzene rings is 2. The topological polar surface area (TPSA) is 75.7 Å². The number of hydrogen-bond acceptors (Lipinski definition) is 4. The minimum Gasteiger partial charge on any atom is -0.495 e. The van der Waals surface area contributed by atoms with Gasteiger partial charge in [0.15, 0.2) is 0 Å². The van der Waals surface area contributed by atoms with Crippen LogP contribution in [0, 0.1) is 0 Å². The largest absolute Gasteiger partial charge is 0.495 e. The van der Waals surface area contributed by atoms with Crippen molar-refractivity contribution in [3.63, 3.8) is 0 Å². The summed E-state index contributed by atoms with van der Waals surface area (Å²) in [5.41, 5.74) is 1.99. The van der Waals surface area contributed by atoms with Gasteiger partial charge in [0.1, 0.15) is 5.75 Å². The van der Waals surface area contributed by atoms with Crippen LogP contribution >= 0.6 is 0 Å². The summed E-state index contributed by atoms with van der Waals surface area (Å²) in [6.07, 6.45) is 1.72. The molecule has 7 heteroatoms. The molecule has 2 aromatic carbocycles. The van der Waals surface area contributed by atoms with E-state index in [1.807, 2.05) is 30.3 Å². The molecule has 6 nitrogen and oxygen atoms in total. The van der Waals surface area contributed by atoms with Crippen LogP contribution in [0.25, 0.3) is 0 Å². The third-order valence-electron chi connectivity index (χ3n) is 4.32. The number of rotatable bonds is 7. The predicted octanol–water partition coefficient (Wildman–Crippen LogP) is 2.81. The van der Waals surface area contributed by atoms with Gasteiger partial charge < -0.3 is 9.64 Å². The number of nitrogens with one attached hydrogen (secondary N) is 1. The van der Waals surface area contributed by atoms with E-state index in [9.17, 15) is 13.2 Å². The highest BCUT2D eigenvalue weighted by Crippen LogP contribution is 2.34. The van der Waals surface area contributed by atoms with Crippen molar-refractivity contribution in [2.45, 2.75) is 19.3 Å². The molecule has 1 aliphatic rings. The standard InChI is InChI=1S/C19H22N2O4S/c1-25-18-10-9-16(14-17(18)21-12-5-8-19(21)22)20-26(23,24)13-11-15-6-3-2-4-7-15/h2-4,6-7,9-10,14,20H,5,8,11-13H2,1H3. The van der Waals surface area contributed by atoms with Crippen LogP contribution in [0.15, 0.2) is 48.5 Å². The number of sulfonamides is 1. The van der Waals surface area contributed by atoms with Crippen molar-refractivity contribution in [1.82, 2.24) is 0 Å². The zero-order valence-electron chi connectivity index (χ0n) is 14.6. The van der Waals surface area contributed by atoms with E-state index in [2.05, 4.69) is 4.72 Å². The molecule has 1 amide bonds. The lowest BCUT2D eigenvalue weighted by Crippen LogP contribution is -2.24. The molecule has 1 saturated heterocycles. The fourth-order valence-corrected chi connectivity index (χ4v) is 4.09. The summed E-state index contributed by atoms with van der Waals surface area (Å²) in [5.74, 6) is 0.556. The molecule has 1 heterocycles. The van der Waals surface area contributed by atoms with Crippen molar-refractivity contribution in [3.05, 3.63) is 54.1 Å². The van der Waals surface area contributed by atoms with Crippen LogP contribution in [0.1, 0.15) is 18.4 Å². The Morgan fingerprint density at radius 1 is 1.15 bits per heavy atom.